The number of anilines is 2. The molecule has 3 heterocycles. The van der Waals surface area contributed by atoms with Crippen LogP contribution in [0.15, 0.2) is 71.8 Å². The van der Waals surface area contributed by atoms with Gasteiger partial charge in [-0.1, -0.05) is 108 Å². The maximum atomic E-state index is 6.22. The van der Waals surface area contributed by atoms with E-state index >= 15 is 0 Å². The second-order valence-electron chi connectivity index (χ2n) is 13.6. The predicted molar refractivity (Wildman–Crippen MR) is 195 cm³/mol. The quantitative estimate of drug-likeness (QED) is 0.193. The Morgan fingerprint density at radius 1 is 0.956 bits per heavy atom. The molecular weight excluding hydrogens is 593 g/mol. The highest BCUT2D eigenvalue weighted by atomic mass is 32.2. The molecule has 2 aromatic heterocycles. The zero-order chi connectivity index (χ0) is 31.6. The van der Waals surface area contributed by atoms with Gasteiger partial charge in [0.15, 0.2) is 5.13 Å². The lowest BCUT2D eigenvalue weighted by Crippen LogP contribution is -2.30. The van der Waals surface area contributed by atoms with E-state index in [1.807, 2.05) is 0 Å². The molecule has 240 valence electrons. The summed E-state index contributed by atoms with van der Waals surface area (Å²) in [4.78, 5) is 14.0. The molecule has 0 spiro atoms. The molecule has 1 unspecified atom stereocenters. The van der Waals surface area contributed by atoms with E-state index in [4.69, 9.17) is 14.7 Å². The fraction of sp³-hybridized carbons (Fsp3) is 0.474. The number of nitrogens with one attached hydrogen (secondary N) is 1. The third-order valence-electron chi connectivity index (χ3n) is 8.33. The highest BCUT2D eigenvalue weighted by molar-refractivity contribution is 8.00. The van der Waals surface area contributed by atoms with Gasteiger partial charge in [-0.05, 0) is 78.8 Å². The Morgan fingerprint density at radius 2 is 1.78 bits per heavy atom. The molecule has 7 heteroatoms. The number of nitrogens with zero attached hydrogens (tertiary/aromatic N) is 3. The number of aryl methyl sites for hydroxylation is 1. The molecule has 1 atom stereocenters. The van der Waals surface area contributed by atoms with Crippen LogP contribution in [0.4, 0.5) is 10.9 Å². The molecule has 0 saturated heterocycles. The summed E-state index contributed by atoms with van der Waals surface area (Å²) < 4.78 is 9.78. The first kappa shape index (κ1) is 33.3. The Hall–Kier alpha value is -3.03. The molecule has 4 aromatic rings. The molecule has 0 fully saturated rings. The minimum absolute atomic E-state index is 0.239. The van der Waals surface area contributed by atoms with E-state index in [2.05, 4.69) is 111 Å². The van der Waals surface area contributed by atoms with Crippen LogP contribution in [0.1, 0.15) is 85.1 Å². The van der Waals surface area contributed by atoms with Gasteiger partial charge in [-0.3, -0.25) is 0 Å². The van der Waals surface area contributed by atoms with Crippen molar-refractivity contribution in [3.8, 4) is 27.4 Å². The lowest BCUT2D eigenvalue weighted by Gasteiger charge is -2.27. The Bertz CT molecular complexity index is 1510. The van der Waals surface area contributed by atoms with Gasteiger partial charge in [-0.25, -0.2) is 9.97 Å². The van der Waals surface area contributed by atoms with Crippen LogP contribution >= 0.6 is 23.3 Å². The highest BCUT2D eigenvalue weighted by Gasteiger charge is 2.20. The average Bonchev–Trinajstić information content (AvgIpc) is 3.45. The van der Waals surface area contributed by atoms with E-state index in [0.29, 0.717) is 12.5 Å². The third-order valence-corrected chi connectivity index (χ3v) is 10.2. The molecule has 5 nitrogen and oxygen atoms in total. The maximum absolute atomic E-state index is 6.22. The van der Waals surface area contributed by atoms with Crippen molar-refractivity contribution >= 4 is 34.2 Å². The Morgan fingerprint density at radius 3 is 2.62 bits per heavy atom. The van der Waals surface area contributed by atoms with E-state index in [1.165, 1.54) is 49.7 Å². The fourth-order valence-electron chi connectivity index (χ4n) is 5.88. The van der Waals surface area contributed by atoms with Crippen molar-refractivity contribution in [3.63, 3.8) is 0 Å². The topological polar surface area (TPSA) is 50.3 Å². The molecule has 45 heavy (non-hydrogen) atoms. The van der Waals surface area contributed by atoms with E-state index < -0.39 is 0 Å². The number of ether oxygens (including phenoxy) is 1. The first-order valence-corrected chi connectivity index (χ1v) is 18.4. The van der Waals surface area contributed by atoms with Gasteiger partial charge in [0.1, 0.15) is 16.6 Å². The van der Waals surface area contributed by atoms with Crippen molar-refractivity contribution in [1.82, 2.24) is 9.97 Å². The number of aromatic nitrogens is 2. The zero-order valence-electron chi connectivity index (χ0n) is 27.8. The molecule has 0 amide bonds. The SMILES string of the molecule is CCCC(C)CN1CCCCCCc2ccccc2-c2nc(sc2-c2cccc(OCCC(C)(C)C)c2)NSc2cccc1n2. The first-order chi connectivity index (χ1) is 21.8. The molecule has 1 aliphatic heterocycles. The van der Waals surface area contributed by atoms with Crippen LogP contribution in [-0.2, 0) is 6.42 Å². The zero-order valence-corrected chi connectivity index (χ0v) is 29.4. The van der Waals surface area contributed by atoms with E-state index in [9.17, 15) is 0 Å². The average molecular weight is 643 g/mol. The molecule has 0 saturated carbocycles. The van der Waals surface area contributed by atoms with Crippen molar-refractivity contribution in [3.05, 3.63) is 72.3 Å². The number of benzene rings is 2. The van der Waals surface area contributed by atoms with Gasteiger partial charge in [0, 0.05) is 30.6 Å². The molecular formula is C38H50N4OS2. The summed E-state index contributed by atoms with van der Waals surface area (Å²) in [5.74, 6) is 2.62. The molecule has 1 aliphatic rings. The summed E-state index contributed by atoms with van der Waals surface area (Å²) in [5.41, 5.74) is 5.00. The standard InChI is InChI=1S/C38H50N4OS2/c1-6-15-28(2)27-42-24-12-8-7-9-16-29-17-10-11-20-32(29)35-36(30-18-13-19-31(26-30)43-25-23-38(3,4)5)44-37(40-35)41-45-34-22-14-21-33(42)39-34/h10-11,13-14,17-22,26,28H,6-9,12,15-16,23-25,27H2,1-5H3,(H,40,41). The Balaban J connectivity index is 1.47. The Kier molecular flexibility index (Phi) is 11.8. The highest BCUT2D eigenvalue weighted by Crippen LogP contribution is 2.42. The van der Waals surface area contributed by atoms with Crippen LogP contribution in [0, 0.1) is 11.3 Å². The lowest BCUT2D eigenvalue weighted by molar-refractivity contribution is 0.243. The van der Waals surface area contributed by atoms with Gasteiger partial charge >= 0.3 is 0 Å². The number of fused-ring (bicyclic) bond motifs is 6. The van der Waals surface area contributed by atoms with Crippen LogP contribution in [0.5, 0.6) is 5.75 Å². The minimum Gasteiger partial charge on any atom is -0.494 e. The Labute approximate surface area is 279 Å². The minimum atomic E-state index is 0.239. The fourth-order valence-corrected chi connectivity index (χ4v) is 7.52. The summed E-state index contributed by atoms with van der Waals surface area (Å²) in [5, 5.41) is 1.83. The summed E-state index contributed by atoms with van der Waals surface area (Å²) in [6, 6.07) is 23.7. The summed E-state index contributed by atoms with van der Waals surface area (Å²) in [6.07, 6.45) is 9.33. The largest absolute Gasteiger partial charge is 0.494 e. The normalized spacial score (nSPS) is 15.1. The van der Waals surface area contributed by atoms with Crippen molar-refractivity contribution in [2.45, 2.75) is 91.0 Å². The van der Waals surface area contributed by atoms with Gasteiger partial charge in [0.25, 0.3) is 0 Å². The number of hydrogen-bond donors (Lipinski definition) is 1. The van der Waals surface area contributed by atoms with Crippen LogP contribution in [-0.4, -0.2) is 29.7 Å². The van der Waals surface area contributed by atoms with Crippen molar-refractivity contribution in [2.75, 3.05) is 29.3 Å². The van der Waals surface area contributed by atoms with E-state index in [0.717, 1.165) is 63.8 Å². The smallest absolute Gasteiger partial charge is 0.194 e. The van der Waals surface area contributed by atoms with Gasteiger partial charge in [0.2, 0.25) is 0 Å². The number of rotatable bonds is 8. The molecule has 4 bridgehead atoms. The number of thiazole rings is 1. The van der Waals surface area contributed by atoms with Crippen LogP contribution < -0.4 is 14.4 Å². The first-order valence-electron chi connectivity index (χ1n) is 16.8. The molecule has 0 aliphatic carbocycles. The monoisotopic (exact) mass is 642 g/mol. The molecule has 5 rings (SSSR count). The van der Waals surface area contributed by atoms with Crippen molar-refractivity contribution in [1.29, 1.82) is 0 Å². The number of pyridine rings is 1. The lowest BCUT2D eigenvalue weighted by atomic mass is 9.93. The van der Waals surface area contributed by atoms with E-state index in [1.54, 1.807) is 23.3 Å². The predicted octanol–water partition coefficient (Wildman–Crippen LogP) is 11.2. The van der Waals surface area contributed by atoms with Crippen molar-refractivity contribution in [2.24, 2.45) is 11.3 Å². The van der Waals surface area contributed by atoms with Gasteiger partial charge < -0.3 is 14.4 Å². The van der Waals surface area contributed by atoms with E-state index in [-0.39, 0.29) is 5.41 Å². The van der Waals surface area contributed by atoms with Crippen molar-refractivity contribution < 1.29 is 4.74 Å². The third kappa shape index (κ3) is 9.73. The van der Waals surface area contributed by atoms with Crippen LogP contribution in [0.2, 0.25) is 0 Å². The molecule has 0 radical (unpaired) electrons. The van der Waals surface area contributed by atoms with Gasteiger partial charge in [-0.15, -0.1) is 0 Å². The van der Waals surface area contributed by atoms with Crippen LogP contribution in [0.3, 0.4) is 0 Å². The van der Waals surface area contributed by atoms with Crippen LogP contribution in [0.25, 0.3) is 21.7 Å². The maximum Gasteiger partial charge on any atom is 0.194 e. The summed E-state index contributed by atoms with van der Waals surface area (Å²) in [6.45, 7) is 14.2. The van der Waals surface area contributed by atoms with Gasteiger partial charge in [0.05, 0.1) is 17.2 Å². The molecule has 1 N–H and O–H groups in total. The summed E-state index contributed by atoms with van der Waals surface area (Å²) in [7, 11) is 0. The summed E-state index contributed by atoms with van der Waals surface area (Å²) >= 11 is 3.24. The van der Waals surface area contributed by atoms with Gasteiger partial charge in [-0.2, -0.15) is 0 Å². The number of hydrogen-bond acceptors (Lipinski definition) is 7. The second kappa shape index (κ2) is 16.0. The molecule has 2 aromatic carbocycles. The second-order valence-corrected chi connectivity index (χ2v) is 15.4.